The SMILES string of the molecule is O=C(C1CCN(c2cc(N3CCOCC3)ncn2)CC1)N1CCN(c2ccc(F)cc2)CC1. The molecule has 3 fully saturated rings. The molecule has 176 valence electrons. The molecule has 3 saturated heterocycles. The summed E-state index contributed by atoms with van der Waals surface area (Å²) in [4.78, 5) is 30.8. The zero-order valence-electron chi connectivity index (χ0n) is 18.9. The lowest BCUT2D eigenvalue weighted by molar-refractivity contribution is -0.136. The number of aromatic nitrogens is 2. The van der Waals surface area contributed by atoms with Gasteiger partial charge in [0.05, 0.1) is 13.2 Å². The number of rotatable bonds is 4. The Labute approximate surface area is 193 Å². The lowest BCUT2D eigenvalue weighted by Crippen LogP contribution is -2.51. The number of piperidine rings is 1. The number of carbonyl (C=O) groups excluding carboxylic acids is 1. The molecule has 0 N–H and O–H groups in total. The summed E-state index contributed by atoms with van der Waals surface area (Å²) in [6.07, 6.45) is 3.32. The molecule has 2 aromatic rings. The molecular formula is C24H31FN6O2. The first-order valence-electron chi connectivity index (χ1n) is 11.9. The minimum absolute atomic E-state index is 0.0687. The smallest absolute Gasteiger partial charge is 0.225 e. The number of amides is 1. The Morgan fingerprint density at radius 1 is 0.818 bits per heavy atom. The summed E-state index contributed by atoms with van der Waals surface area (Å²) in [6, 6.07) is 8.65. The van der Waals surface area contributed by atoms with E-state index in [1.807, 2.05) is 4.90 Å². The number of hydrogen-bond donors (Lipinski definition) is 0. The van der Waals surface area contributed by atoms with Crippen molar-refractivity contribution in [1.29, 1.82) is 0 Å². The van der Waals surface area contributed by atoms with Gasteiger partial charge in [0.2, 0.25) is 5.91 Å². The van der Waals surface area contributed by atoms with Gasteiger partial charge in [0.25, 0.3) is 0 Å². The molecule has 33 heavy (non-hydrogen) atoms. The van der Waals surface area contributed by atoms with E-state index in [-0.39, 0.29) is 17.6 Å². The van der Waals surface area contributed by atoms with Crippen LogP contribution in [0.2, 0.25) is 0 Å². The Hall–Kier alpha value is -2.94. The number of hydrogen-bond acceptors (Lipinski definition) is 7. The van der Waals surface area contributed by atoms with Crippen LogP contribution in [-0.2, 0) is 9.53 Å². The molecule has 0 spiro atoms. The number of morpholine rings is 1. The van der Waals surface area contributed by atoms with Gasteiger partial charge in [-0.15, -0.1) is 0 Å². The van der Waals surface area contributed by atoms with Crippen molar-refractivity contribution in [2.75, 3.05) is 80.3 Å². The highest BCUT2D eigenvalue weighted by Crippen LogP contribution is 2.26. The Balaban J connectivity index is 1.12. The van der Waals surface area contributed by atoms with Crippen molar-refractivity contribution in [3.05, 3.63) is 42.5 Å². The summed E-state index contributed by atoms with van der Waals surface area (Å²) in [7, 11) is 0. The molecule has 1 aromatic heterocycles. The number of ether oxygens (including phenoxy) is 1. The third kappa shape index (κ3) is 5.03. The van der Waals surface area contributed by atoms with Gasteiger partial charge in [0, 0.05) is 70.0 Å². The Bertz CT molecular complexity index is 936. The van der Waals surface area contributed by atoms with Crippen molar-refractivity contribution in [2.24, 2.45) is 5.92 Å². The first kappa shape index (κ1) is 21.9. The van der Waals surface area contributed by atoms with Gasteiger partial charge in [-0.1, -0.05) is 0 Å². The maximum Gasteiger partial charge on any atom is 0.225 e. The summed E-state index contributed by atoms with van der Waals surface area (Å²) < 4.78 is 18.6. The fourth-order valence-electron chi connectivity index (χ4n) is 4.93. The average molecular weight is 455 g/mol. The molecule has 1 amide bonds. The summed E-state index contributed by atoms with van der Waals surface area (Å²) in [5, 5.41) is 0. The van der Waals surface area contributed by atoms with Crippen LogP contribution >= 0.6 is 0 Å². The summed E-state index contributed by atoms with van der Waals surface area (Å²) >= 11 is 0. The van der Waals surface area contributed by atoms with Crippen LogP contribution in [0.3, 0.4) is 0 Å². The highest BCUT2D eigenvalue weighted by Gasteiger charge is 2.31. The van der Waals surface area contributed by atoms with Gasteiger partial charge in [-0.2, -0.15) is 0 Å². The van der Waals surface area contributed by atoms with E-state index in [9.17, 15) is 9.18 Å². The van der Waals surface area contributed by atoms with Crippen molar-refractivity contribution >= 4 is 23.2 Å². The number of benzene rings is 1. The van der Waals surface area contributed by atoms with Crippen molar-refractivity contribution in [3.63, 3.8) is 0 Å². The molecule has 3 aliphatic heterocycles. The van der Waals surface area contributed by atoms with E-state index in [2.05, 4.69) is 30.7 Å². The summed E-state index contributed by atoms with van der Waals surface area (Å²) in [5.74, 6) is 1.99. The Kier molecular flexibility index (Phi) is 6.57. The average Bonchev–Trinajstić information content (AvgIpc) is 2.89. The molecule has 8 nitrogen and oxygen atoms in total. The van der Waals surface area contributed by atoms with Gasteiger partial charge in [0.15, 0.2) is 0 Å². The van der Waals surface area contributed by atoms with Gasteiger partial charge >= 0.3 is 0 Å². The molecule has 3 aliphatic rings. The van der Waals surface area contributed by atoms with Crippen molar-refractivity contribution in [2.45, 2.75) is 12.8 Å². The lowest BCUT2D eigenvalue weighted by atomic mass is 9.95. The van der Waals surface area contributed by atoms with E-state index in [1.165, 1.54) is 12.1 Å². The van der Waals surface area contributed by atoms with Gasteiger partial charge in [-0.3, -0.25) is 4.79 Å². The largest absolute Gasteiger partial charge is 0.378 e. The van der Waals surface area contributed by atoms with E-state index in [1.54, 1.807) is 18.5 Å². The molecule has 4 heterocycles. The van der Waals surface area contributed by atoms with Crippen LogP contribution in [0.25, 0.3) is 0 Å². The molecule has 5 rings (SSSR count). The highest BCUT2D eigenvalue weighted by molar-refractivity contribution is 5.79. The van der Waals surface area contributed by atoms with Crippen LogP contribution < -0.4 is 14.7 Å². The van der Waals surface area contributed by atoms with E-state index in [0.717, 1.165) is 82.6 Å². The monoisotopic (exact) mass is 454 g/mol. The first-order valence-corrected chi connectivity index (χ1v) is 11.9. The van der Waals surface area contributed by atoms with Gasteiger partial charge in [-0.05, 0) is 37.1 Å². The number of anilines is 3. The molecule has 0 atom stereocenters. The third-order valence-corrected chi connectivity index (χ3v) is 6.92. The maximum absolute atomic E-state index is 13.2. The van der Waals surface area contributed by atoms with Crippen LogP contribution in [0.4, 0.5) is 21.7 Å². The molecule has 9 heteroatoms. The Morgan fingerprint density at radius 2 is 1.42 bits per heavy atom. The van der Waals surface area contributed by atoms with Gasteiger partial charge in [0.1, 0.15) is 23.8 Å². The van der Waals surface area contributed by atoms with Gasteiger partial charge < -0.3 is 24.3 Å². The molecule has 0 bridgehead atoms. The second-order valence-corrected chi connectivity index (χ2v) is 8.88. The number of carbonyl (C=O) groups is 1. The molecule has 0 unspecified atom stereocenters. The van der Waals surface area contributed by atoms with Crippen LogP contribution in [0.1, 0.15) is 12.8 Å². The number of halogens is 1. The second kappa shape index (κ2) is 9.91. The molecular weight excluding hydrogens is 423 g/mol. The maximum atomic E-state index is 13.2. The van der Waals surface area contributed by atoms with Crippen molar-refractivity contribution in [1.82, 2.24) is 14.9 Å². The van der Waals surface area contributed by atoms with Crippen LogP contribution in [0.15, 0.2) is 36.7 Å². The molecule has 0 aliphatic carbocycles. The highest BCUT2D eigenvalue weighted by atomic mass is 19.1. The normalized spacial score (nSPS) is 20.3. The zero-order chi connectivity index (χ0) is 22.6. The fraction of sp³-hybridized carbons (Fsp3) is 0.542. The molecule has 0 saturated carbocycles. The zero-order valence-corrected chi connectivity index (χ0v) is 18.9. The van der Waals surface area contributed by atoms with E-state index in [0.29, 0.717) is 13.1 Å². The van der Waals surface area contributed by atoms with Crippen molar-refractivity contribution < 1.29 is 13.9 Å². The fourth-order valence-corrected chi connectivity index (χ4v) is 4.93. The Morgan fingerprint density at radius 3 is 2.06 bits per heavy atom. The molecule has 1 aromatic carbocycles. The van der Waals surface area contributed by atoms with Gasteiger partial charge in [-0.25, -0.2) is 14.4 Å². The quantitative estimate of drug-likeness (QED) is 0.700. The minimum atomic E-state index is -0.224. The van der Waals surface area contributed by atoms with Crippen LogP contribution in [0.5, 0.6) is 0 Å². The van der Waals surface area contributed by atoms with Crippen molar-refractivity contribution in [3.8, 4) is 0 Å². The predicted molar refractivity (Wildman–Crippen MR) is 125 cm³/mol. The number of piperazine rings is 1. The lowest BCUT2D eigenvalue weighted by Gasteiger charge is -2.39. The molecule has 0 radical (unpaired) electrons. The van der Waals surface area contributed by atoms with E-state index >= 15 is 0 Å². The second-order valence-electron chi connectivity index (χ2n) is 8.88. The minimum Gasteiger partial charge on any atom is -0.378 e. The van der Waals surface area contributed by atoms with E-state index < -0.39 is 0 Å². The number of nitrogens with zero attached hydrogens (tertiary/aromatic N) is 6. The first-order chi connectivity index (χ1) is 16.2. The van der Waals surface area contributed by atoms with E-state index in [4.69, 9.17) is 4.74 Å². The standard InChI is InChI=1S/C24H31FN6O2/c25-20-1-3-21(4-2-20)28-9-11-31(12-10-28)24(32)19-5-7-29(8-6-19)22-17-23(27-18-26-22)30-13-15-33-16-14-30/h1-4,17-19H,5-16H2. The summed E-state index contributed by atoms with van der Waals surface area (Å²) in [5.41, 5.74) is 1.01. The van der Waals surface area contributed by atoms with Crippen LogP contribution in [0, 0.1) is 11.7 Å². The topological polar surface area (TPSA) is 65.0 Å². The predicted octanol–water partition coefficient (Wildman–Crippen LogP) is 2.02. The third-order valence-electron chi connectivity index (χ3n) is 6.92. The van der Waals surface area contributed by atoms with Crippen LogP contribution in [-0.4, -0.2) is 86.3 Å². The summed E-state index contributed by atoms with van der Waals surface area (Å²) in [6.45, 7) is 7.79.